The van der Waals surface area contributed by atoms with Crippen molar-refractivity contribution in [3.63, 3.8) is 0 Å². The summed E-state index contributed by atoms with van der Waals surface area (Å²) in [4.78, 5) is 27.9. The van der Waals surface area contributed by atoms with Crippen LogP contribution in [0, 0.1) is 0 Å². The van der Waals surface area contributed by atoms with Crippen molar-refractivity contribution in [3.05, 3.63) is 11.1 Å². The van der Waals surface area contributed by atoms with Gasteiger partial charge in [0.25, 0.3) is 0 Å². The molecule has 1 rings (SSSR count). The molecule has 1 aromatic heterocycles. The topological polar surface area (TPSA) is 82.5 Å². The highest BCUT2D eigenvalue weighted by molar-refractivity contribution is 7.13. The molecule has 0 spiro atoms. The molecule has 1 unspecified atom stereocenters. The predicted octanol–water partition coefficient (Wildman–Crippen LogP) is 1.79. The van der Waals surface area contributed by atoms with E-state index >= 15 is 0 Å². The maximum Gasteiger partial charge on any atom is 0.317 e. The number of hydrogen-bond donors (Lipinski definition) is 2. The van der Waals surface area contributed by atoms with E-state index in [1.165, 1.54) is 18.3 Å². The van der Waals surface area contributed by atoms with Crippen LogP contribution < -0.4 is 5.32 Å². The molecular formula is C12H19N3O3S. The molecule has 2 N–H and O–H groups in total. The number of carbonyl (C=O) groups is 2. The number of aliphatic carboxylic acids is 1. The molecule has 19 heavy (non-hydrogen) atoms. The van der Waals surface area contributed by atoms with E-state index in [0.29, 0.717) is 11.7 Å². The van der Waals surface area contributed by atoms with Crippen molar-refractivity contribution in [3.8, 4) is 0 Å². The Hall–Kier alpha value is -1.47. The molecule has 7 heteroatoms. The Morgan fingerprint density at radius 1 is 1.58 bits per heavy atom. The van der Waals surface area contributed by atoms with Gasteiger partial charge in [-0.15, -0.1) is 11.3 Å². The molecule has 0 saturated carbocycles. The highest BCUT2D eigenvalue weighted by Crippen LogP contribution is 2.18. The van der Waals surface area contributed by atoms with Gasteiger partial charge in [-0.2, -0.15) is 0 Å². The third kappa shape index (κ3) is 5.35. The van der Waals surface area contributed by atoms with Crippen molar-refractivity contribution in [2.45, 2.75) is 39.8 Å². The number of aromatic nitrogens is 1. The van der Waals surface area contributed by atoms with E-state index in [0.717, 1.165) is 12.1 Å². The number of amides is 1. The molecule has 1 heterocycles. The Kier molecular flexibility index (Phi) is 5.91. The van der Waals surface area contributed by atoms with Gasteiger partial charge in [0.1, 0.15) is 0 Å². The molecule has 0 saturated heterocycles. The zero-order valence-corrected chi connectivity index (χ0v) is 12.2. The highest BCUT2D eigenvalue weighted by Gasteiger charge is 2.17. The number of carboxylic acid groups (broad SMARTS) is 1. The molecule has 6 nitrogen and oxygen atoms in total. The molecule has 0 aromatic carbocycles. The number of carboxylic acids is 1. The van der Waals surface area contributed by atoms with Gasteiger partial charge in [-0.1, -0.05) is 6.92 Å². The van der Waals surface area contributed by atoms with Gasteiger partial charge in [0, 0.05) is 24.9 Å². The van der Waals surface area contributed by atoms with Crippen LogP contribution in [-0.2, 0) is 16.1 Å². The maximum absolute atomic E-state index is 10.9. The highest BCUT2D eigenvalue weighted by atomic mass is 32.1. The van der Waals surface area contributed by atoms with Gasteiger partial charge >= 0.3 is 5.97 Å². The Balaban J connectivity index is 2.70. The molecule has 0 fully saturated rings. The largest absolute Gasteiger partial charge is 0.480 e. The number of nitrogens with zero attached hydrogens (tertiary/aromatic N) is 2. The fourth-order valence-electron chi connectivity index (χ4n) is 1.60. The van der Waals surface area contributed by atoms with Crippen LogP contribution in [0.15, 0.2) is 5.38 Å². The van der Waals surface area contributed by atoms with Gasteiger partial charge in [-0.25, -0.2) is 4.98 Å². The van der Waals surface area contributed by atoms with Gasteiger partial charge in [-0.05, 0) is 13.3 Å². The molecule has 1 atom stereocenters. The molecule has 106 valence electrons. The van der Waals surface area contributed by atoms with E-state index in [1.807, 2.05) is 24.1 Å². The number of anilines is 1. The predicted molar refractivity (Wildman–Crippen MR) is 74.2 cm³/mol. The normalized spacial score (nSPS) is 12.4. The smallest absolute Gasteiger partial charge is 0.317 e. The van der Waals surface area contributed by atoms with Crippen molar-refractivity contribution in [1.29, 1.82) is 0 Å². The standard InChI is InChI=1S/C12H19N3O3S/c1-4-8(2)15(6-11(17)18)5-10-7-19-12(14-10)13-9(3)16/h7-8H,4-6H2,1-3H3,(H,17,18)(H,13,14,16). The fraction of sp³-hybridized carbons (Fsp3) is 0.583. The van der Waals surface area contributed by atoms with Crippen LogP contribution in [0.4, 0.5) is 5.13 Å². The first-order valence-electron chi connectivity index (χ1n) is 6.10. The van der Waals surface area contributed by atoms with E-state index in [1.54, 1.807) is 0 Å². The average molecular weight is 285 g/mol. The second-order valence-electron chi connectivity index (χ2n) is 4.38. The minimum absolute atomic E-state index is 0.0119. The molecule has 0 bridgehead atoms. The Bertz CT molecular complexity index is 447. The Morgan fingerprint density at radius 2 is 2.26 bits per heavy atom. The lowest BCUT2D eigenvalue weighted by atomic mass is 10.2. The van der Waals surface area contributed by atoms with Gasteiger partial charge in [0.05, 0.1) is 12.2 Å². The van der Waals surface area contributed by atoms with Crippen LogP contribution in [0.3, 0.4) is 0 Å². The summed E-state index contributed by atoms with van der Waals surface area (Å²) in [7, 11) is 0. The molecule has 1 aromatic rings. The molecular weight excluding hydrogens is 266 g/mol. The summed E-state index contributed by atoms with van der Waals surface area (Å²) in [6.07, 6.45) is 0.871. The fourth-order valence-corrected chi connectivity index (χ4v) is 2.34. The summed E-state index contributed by atoms with van der Waals surface area (Å²) in [5.74, 6) is -1.01. The average Bonchev–Trinajstić information content (AvgIpc) is 2.73. The number of nitrogens with one attached hydrogen (secondary N) is 1. The van der Waals surface area contributed by atoms with Crippen molar-refractivity contribution >= 4 is 28.3 Å². The summed E-state index contributed by atoms with van der Waals surface area (Å²) in [5.41, 5.74) is 0.773. The first-order chi connectivity index (χ1) is 8.92. The number of rotatable bonds is 7. The Labute approximate surface area is 116 Å². The minimum atomic E-state index is -0.849. The lowest BCUT2D eigenvalue weighted by Crippen LogP contribution is -2.36. The third-order valence-electron chi connectivity index (χ3n) is 2.75. The van der Waals surface area contributed by atoms with Crippen molar-refractivity contribution in [1.82, 2.24) is 9.88 Å². The molecule has 0 aliphatic heterocycles. The second kappa shape index (κ2) is 7.20. The van der Waals surface area contributed by atoms with Gasteiger partial charge in [0.15, 0.2) is 5.13 Å². The van der Waals surface area contributed by atoms with Crippen molar-refractivity contribution in [2.24, 2.45) is 0 Å². The molecule has 0 aliphatic rings. The summed E-state index contributed by atoms with van der Waals surface area (Å²) in [5, 5.41) is 13.9. The van der Waals surface area contributed by atoms with Crippen molar-refractivity contribution in [2.75, 3.05) is 11.9 Å². The summed E-state index contributed by atoms with van der Waals surface area (Å²) in [6, 6.07) is 0.169. The van der Waals surface area contributed by atoms with E-state index in [2.05, 4.69) is 10.3 Å². The van der Waals surface area contributed by atoms with Crippen LogP contribution in [0.2, 0.25) is 0 Å². The van der Waals surface area contributed by atoms with E-state index in [-0.39, 0.29) is 18.5 Å². The van der Waals surface area contributed by atoms with Gasteiger partial charge in [0.2, 0.25) is 5.91 Å². The van der Waals surface area contributed by atoms with Crippen LogP contribution in [-0.4, -0.2) is 39.5 Å². The van der Waals surface area contributed by atoms with Crippen LogP contribution >= 0.6 is 11.3 Å². The van der Waals surface area contributed by atoms with E-state index < -0.39 is 5.97 Å². The minimum Gasteiger partial charge on any atom is -0.480 e. The van der Waals surface area contributed by atoms with Crippen molar-refractivity contribution < 1.29 is 14.7 Å². The zero-order valence-electron chi connectivity index (χ0n) is 11.3. The van der Waals surface area contributed by atoms with Gasteiger partial charge in [-0.3, -0.25) is 14.5 Å². The number of thiazole rings is 1. The molecule has 0 aliphatic carbocycles. The number of carbonyl (C=O) groups excluding carboxylic acids is 1. The summed E-state index contributed by atoms with van der Waals surface area (Å²) in [6.45, 7) is 5.89. The van der Waals surface area contributed by atoms with E-state index in [9.17, 15) is 9.59 Å². The zero-order chi connectivity index (χ0) is 14.4. The molecule has 0 radical (unpaired) electrons. The Morgan fingerprint density at radius 3 is 2.79 bits per heavy atom. The first-order valence-corrected chi connectivity index (χ1v) is 6.98. The van der Waals surface area contributed by atoms with Crippen LogP contribution in [0.5, 0.6) is 0 Å². The lowest BCUT2D eigenvalue weighted by Gasteiger charge is -2.25. The van der Waals surface area contributed by atoms with Crippen LogP contribution in [0.25, 0.3) is 0 Å². The third-order valence-corrected chi connectivity index (χ3v) is 3.56. The quantitative estimate of drug-likeness (QED) is 0.798. The SMILES string of the molecule is CCC(C)N(CC(=O)O)Cc1csc(NC(C)=O)n1. The monoisotopic (exact) mass is 285 g/mol. The van der Waals surface area contributed by atoms with E-state index in [4.69, 9.17) is 5.11 Å². The summed E-state index contributed by atoms with van der Waals surface area (Å²) < 4.78 is 0. The van der Waals surface area contributed by atoms with Gasteiger partial charge < -0.3 is 10.4 Å². The second-order valence-corrected chi connectivity index (χ2v) is 5.24. The first kappa shape index (κ1) is 15.6. The number of hydrogen-bond acceptors (Lipinski definition) is 5. The lowest BCUT2D eigenvalue weighted by molar-refractivity contribution is -0.139. The maximum atomic E-state index is 10.9. The van der Waals surface area contributed by atoms with Crippen LogP contribution in [0.1, 0.15) is 32.9 Å². The molecule has 1 amide bonds. The summed E-state index contributed by atoms with van der Waals surface area (Å²) >= 11 is 1.34.